The van der Waals surface area contributed by atoms with E-state index in [2.05, 4.69) is 55.4 Å². The molecule has 0 aliphatic heterocycles. The average Bonchev–Trinajstić information content (AvgIpc) is 2.34. The van der Waals surface area contributed by atoms with Crippen molar-refractivity contribution in [3.63, 3.8) is 0 Å². The van der Waals surface area contributed by atoms with Crippen molar-refractivity contribution in [3.8, 4) is 0 Å². The Morgan fingerprint density at radius 1 is 0.778 bits per heavy atom. The van der Waals surface area contributed by atoms with E-state index in [1.54, 1.807) is 7.11 Å². The Labute approximate surface area is 196 Å². The van der Waals surface area contributed by atoms with Gasteiger partial charge in [0.05, 0.1) is 12.0 Å². The van der Waals surface area contributed by atoms with E-state index in [1.165, 1.54) is 6.42 Å². The molecule has 0 amide bonds. The molecule has 0 bridgehead atoms. The van der Waals surface area contributed by atoms with Gasteiger partial charge in [-0.2, -0.15) is 5.41 Å². The Balaban J connectivity index is -0.000000416. The number of rotatable bonds is 6. The molecule has 0 saturated heterocycles. The molecule has 0 aromatic rings. The summed E-state index contributed by atoms with van der Waals surface area (Å²) in [6.45, 7) is 30.9. The van der Waals surface area contributed by atoms with Crippen molar-refractivity contribution in [2.75, 3.05) is 20.3 Å². The standard InChI is InChI=1S/C12H25.C11H22O3.Y/c1-10(2,3)9-12(7,8)11(4,5)6;1-10(2,3)11(4,5)9(12)14-8-7-13-6;/h1,9H2,2-8H3;7-8H2,1-6H3;/q-1;;. The molecule has 0 heterocycles. The van der Waals surface area contributed by atoms with Crippen LogP contribution in [0.4, 0.5) is 0 Å². The van der Waals surface area contributed by atoms with E-state index >= 15 is 0 Å². The van der Waals surface area contributed by atoms with Crippen LogP contribution < -0.4 is 0 Å². The molecule has 0 rings (SSSR count). The summed E-state index contributed by atoms with van der Waals surface area (Å²) in [6, 6.07) is 0. The second-order valence-electron chi connectivity index (χ2n) is 11.5. The third-order valence-corrected chi connectivity index (χ3v) is 5.86. The van der Waals surface area contributed by atoms with E-state index in [4.69, 9.17) is 9.47 Å². The van der Waals surface area contributed by atoms with Gasteiger partial charge in [0.15, 0.2) is 0 Å². The zero-order valence-electron chi connectivity index (χ0n) is 20.6. The number of methoxy groups -OCH3 is 1. The Morgan fingerprint density at radius 3 is 1.41 bits per heavy atom. The fourth-order valence-electron chi connectivity index (χ4n) is 2.17. The van der Waals surface area contributed by atoms with Gasteiger partial charge >= 0.3 is 5.97 Å². The van der Waals surface area contributed by atoms with Crippen LogP contribution in [0.25, 0.3) is 0 Å². The zero-order valence-corrected chi connectivity index (χ0v) is 23.5. The first-order chi connectivity index (χ1) is 11.2. The predicted octanol–water partition coefficient (Wildman–Crippen LogP) is 6.55. The molecule has 0 N–H and O–H groups in total. The SMILES string of the molecule is COCCOC(=O)C(C)(C)C(C)(C)C.[CH2-]C(C)(C)CC(C)(C)C(C)(C)C.[Y]. The molecule has 0 aliphatic carbocycles. The molecule has 0 aliphatic rings. The molecule has 161 valence electrons. The van der Waals surface area contributed by atoms with Gasteiger partial charge in [0.25, 0.3) is 0 Å². The van der Waals surface area contributed by atoms with Gasteiger partial charge in [-0.3, -0.25) is 4.79 Å². The molecule has 0 fully saturated rings. The number of ether oxygens (including phenoxy) is 2. The normalized spacial score (nSPS) is 13.3. The van der Waals surface area contributed by atoms with E-state index in [0.717, 1.165) is 0 Å². The summed E-state index contributed by atoms with van der Waals surface area (Å²) in [5.74, 6) is -0.165. The van der Waals surface area contributed by atoms with Crippen molar-refractivity contribution >= 4 is 5.97 Å². The Hall–Kier alpha value is 0.534. The van der Waals surface area contributed by atoms with Crippen LogP contribution in [0.2, 0.25) is 0 Å². The molecule has 0 atom stereocenters. The first-order valence-corrected chi connectivity index (χ1v) is 9.70. The first kappa shape index (κ1) is 32.2. The van der Waals surface area contributed by atoms with Gasteiger partial charge in [0.1, 0.15) is 6.61 Å². The monoisotopic (exact) mass is 460 g/mol. The second-order valence-corrected chi connectivity index (χ2v) is 11.5. The van der Waals surface area contributed by atoms with E-state index in [1.807, 2.05) is 34.6 Å². The fourth-order valence-corrected chi connectivity index (χ4v) is 2.17. The van der Waals surface area contributed by atoms with Crippen molar-refractivity contribution in [2.24, 2.45) is 27.1 Å². The van der Waals surface area contributed by atoms with Gasteiger partial charge < -0.3 is 16.4 Å². The average molecular weight is 461 g/mol. The van der Waals surface area contributed by atoms with Crippen molar-refractivity contribution in [2.45, 2.75) is 89.5 Å². The maximum absolute atomic E-state index is 11.7. The quantitative estimate of drug-likeness (QED) is 0.256. The molecule has 4 heteroatoms. The minimum atomic E-state index is -0.471. The number of carbonyl (C=O) groups excluding carboxylic acids is 1. The van der Waals surface area contributed by atoms with Crippen molar-refractivity contribution in [3.05, 3.63) is 6.92 Å². The van der Waals surface area contributed by atoms with Crippen LogP contribution in [0, 0.1) is 34.0 Å². The van der Waals surface area contributed by atoms with Crippen LogP contribution in [0.1, 0.15) is 89.5 Å². The molecular formula is C23H47O3Y-. The summed E-state index contributed by atoms with van der Waals surface area (Å²) in [5.41, 5.74) is 0.342. The number of hydrogen-bond donors (Lipinski definition) is 0. The van der Waals surface area contributed by atoms with Crippen molar-refractivity contribution in [1.82, 2.24) is 0 Å². The topological polar surface area (TPSA) is 35.5 Å². The van der Waals surface area contributed by atoms with Crippen molar-refractivity contribution < 1.29 is 47.0 Å². The van der Waals surface area contributed by atoms with Crippen molar-refractivity contribution in [1.29, 1.82) is 0 Å². The van der Waals surface area contributed by atoms with E-state index in [-0.39, 0.29) is 49.5 Å². The molecule has 0 aromatic heterocycles. The Kier molecular flexibility index (Phi) is 13.9. The largest absolute Gasteiger partial charge is 0.463 e. The number of hydrogen-bond acceptors (Lipinski definition) is 3. The van der Waals surface area contributed by atoms with Gasteiger partial charge in [-0.25, -0.2) is 0 Å². The second kappa shape index (κ2) is 11.7. The van der Waals surface area contributed by atoms with Crippen LogP contribution in [-0.2, 0) is 47.0 Å². The van der Waals surface area contributed by atoms with Crippen LogP contribution in [0.3, 0.4) is 0 Å². The molecule has 0 unspecified atom stereocenters. The molecule has 27 heavy (non-hydrogen) atoms. The van der Waals surface area contributed by atoms with Crippen LogP contribution >= 0.6 is 0 Å². The van der Waals surface area contributed by atoms with E-state index in [0.29, 0.717) is 24.0 Å². The molecule has 0 aromatic carbocycles. The van der Waals surface area contributed by atoms with Gasteiger partial charge in [0, 0.05) is 39.8 Å². The van der Waals surface area contributed by atoms with Gasteiger partial charge in [-0.15, -0.1) is 0 Å². The fraction of sp³-hybridized carbons (Fsp3) is 0.913. The third-order valence-electron chi connectivity index (χ3n) is 5.86. The summed E-state index contributed by atoms with van der Waals surface area (Å²) in [4.78, 5) is 11.7. The Morgan fingerprint density at radius 2 is 1.19 bits per heavy atom. The third kappa shape index (κ3) is 12.6. The first-order valence-electron chi connectivity index (χ1n) is 9.70. The maximum atomic E-state index is 11.7. The summed E-state index contributed by atoms with van der Waals surface area (Å²) >= 11 is 0. The van der Waals surface area contributed by atoms with Crippen LogP contribution in [0.5, 0.6) is 0 Å². The minimum Gasteiger partial charge on any atom is -0.463 e. The molecule has 0 saturated carbocycles. The van der Waals surface area contributed by atoms with E-state index in [9.17, 15) is 4.79 Å². The van der Waals surface area contributed by atoms with E-state index < -0.39 is 5.41 Å². The van der Waals surface area contributed by atoms with Gasteiger partial charge in [-0.05, 0) is 30.1 Å². The summed E-state index contributed by atoms with van der Waals surface area (Å²) < 4.78 is 9.92. The Bertz CT molecular complexity index is 418. The van der Waals surface area contributed by atoms with Crippen LogP contribution in [0.15, 0.2) is 0 Å². The van der Waals surface area contributed by atoms with Gasteiger partial charge in [0.2, 0.25) is 0 Å². The number of esters is 1. The molecule has 1 radical (unpaired) electrons. The summed E-state index contributed by atoms with van der Waals surface area (Å²) in [7, 11) is 1.59. The predicted molar refractivity (Wildman–Crippen MR) is 113 cm³/mol. The molecule has 0 spiro atoms. The zero-order chi connectivity index (χ0) is 21.6. The van der Waals surface area contributed by atoms with Gasteiger partial charge in [-0.1, -0.05) is 75.7 Å². The number of carbonyl (C=O) groups is 1. The molecule has 3 nitrogen and oxygen atoms in total. The summed E-state index contributed by atoms with van der Waals surface area (Å²) in [5, 5.41) is 0. The van der Waals surface area contributed by atoms with Crippen LogP contribution in [-0.4, -0.2) is 26.3 Å². The minimum absolute atomic E-state index is 0. The molecular weight excluding hydrogens is 413 g/mol. The summed E-state index contributed by atoms with van der Waals surface area (Å²) in [6.07, 6.45) is 1.17. The maximum Gasteiger partial charge on any atom is 0.312 e. The smallest absolute Gasteiger partial charge is 0.312 e.